The Bertz CT molecular complexity index is 680. The van der Waals surface area contributed by atoms with Gasteiger partial charge in [0.25, 0.3) is 0 Å². The van der Waals surface area contributed by atoms with Gasteiger partial charge in [-0.15, -0.1) is 24.0 Å². The molecular weight excluding hydrogens is 505 g/mol. The van der Waals surface area contributed by atoms with E-state index in [9.17, 15) is 8.42 Å². The quantitative estimate of drug-likeness (QED) is 0.184. The maximum Gasteiger partial charge on any atom is 0.191 e. The van der Waals surface area contributed by atoms with Crippen LogP contribution in [-0.4, -0.2) is 66.2 Å². The summed E-state index contributed by atoms with van der Waals surface area (Å²) in [7, 11) is -3.24. The van der Waals surface area contributed by atoms with Crippen LogP contribution in [0.2, 0.25) is 0 Å². The molecule has 2 rings (SSSR count). The van der Waals surface area contributed by atoms with Crippen LogP contribution in [0.1, 0.15) is 26.2 Å². The molecule has 1 unspecified atom stereocenters. The summed E-state index contributed by atoms with van der Waals surface area (Å²) in [5.41, 5.74) is 0. The summed E-state index contributed by atoms with van der Waals surface area (Å²) in [4.78, 5) is 4.83. The first kappa shape index (κ1) is 26.1. The maximum absolute atomic E-state index is 12.3. The summed E-state index contributed by atoms with van der Waals surface area (Å²) in [5.74, 6) is 1.35. The van der Waals surface area contributed by atoms with Gasteiger partial charge in [0, 0.05) is 38.8 Å². The van der Waals surface area contributed by atoms with Gasteiger partial charge in [-0.1, -0.05) is 18.2 Å². The first-order chi connectivity index (χ1) is 13.6. The zero-order chi connectivity index (χ0) is 20.1. The minimum atomic E-state index is -3.24. The van der Waals surface area contributed by atoms with Gasteiger partial charge in [0.15, 0.2) is 15.8 Å². The molecule has 1 atom stereocenters. The Hall–Kier alpha value is -0.910. The molecule has 1 saturated heterocycles. The number of sulfone groups is 1. The Morgan fingerprint density at radius 1 is 1.24 bits per heavy atom. The smallest absolute Gasteiger partial charge is 0.191 e. The number of nitrogens with zero attached hydrogens (tertiary/aromatic N) is 1. The van der Waals surface area contributed by atoms with E-state index in [0.717, 1.165) is 45.8 Å². The summed E-state index contributed by atoms with van der Waals surface area (Å²) in [6, 6.07) is 8.55. The van der Waals surface area contributed by atoms with Gasteiger partial charge < -0.3 is 20.1 Å². The molecule has 0 aliphatic carbocycles. The molecule has 0 radical (unpaired) electrons. The monoisotopic (exact) mass is 539 g/mol. The Morgan fingerprint density at radius 2 is 2.03 bits per heavy atom. The predicted molar refractivity (Wildman–Crippen MR) is 127 cm³/mol. The highest BCUT2D eigenvalue weighted by Gasteiger charge is 2.15. The Morgan fingerprint density at radius 3 is 2.72 bits per heavy atom. The van der Waals surface area contributed by atoms with Crippen molar-refractivity contribution in [2.75, 3.05) is 51.8 Å². The number of guanidine groups is 1. The standard InChI is InChI=1S/C20H33N3O4S.HI/c1-2-21-20(22-11-6-13-26-16-18-10-14-27-17-18)23-12-7-15-28(24,25)19-8-4-3-5-9-19;/h3-5,8-9,18H,2,6-7,10-17H2,1H3,(H2,21,22,23);1H. The molecule has 0 saturated carbocycles. The zero-order valence-corrected chi connectivity index (χ0v) is 20.3. The van der Waals surface area contributed by atoms with Crippen molar-refractivity contribution in [3.63, 3.8) is 0 Å². The van der Waals surface area contributed by atoms with Crippen LogP contribution in [0.3, 0.4) is 0 Å². The summed E-state index contributed by atoms with van der Waals surface area (Å²) in [6.45, 7) is 7.12. The molecule has 1 aromatic carbocycles. The van der Waals surface area contributed by atoms with Gasteiger partial charge in [-0.05, 0) is 38.3 Å². The van der Waals surface area contributed by atoms with Crippen molar-refractivity contribution >= 4 is 39.8 Å². The maximum atomic E-state index is 12.3. The Balaban J connectivity index is 0.00000420. The van der Waals surface area contributed by atoms with E-state index in [1.807, 2.05) is 13.0 Å². The number of aliphatic imine (C=N–C) groups is 1. The van der Waals surface area contributed by atoms with Gasteiger partial charge in [0.2, 0.25) is 0 Å². The second-order valence-corrected chi connectivity index (χ2v) is 8.94. The van der Waals surface area contributed by atoms with Crippen molar-refractivity contribution in [1.82, 2.24) is 10.6 Å². The minimum absolute atomic E-state index is 0. The van der Waals surface area contributed by atoms with Crippen LogP contribution in [0.15, 0.2) is 40.2 Å². The molecule has 166 valence electrons. The van der Waals surface area contributed by atoms with E-state index in [-0.39, 0.29) is 29.7 Å². The highest BCUT2D eigenvalue weighted by atomic mass is 127. The summed E-state index contributed by atoms with van der Waals surface area (Å²) >= 11 is 0. The van der Waals surface area contributed by atoms with E-state index >= 15 is 0 Å². The normalized spacial score (nSPS) is 17.0. The van der Waals surface area contributed by atoms with Crippen LogP contribution in [0.4, 0.5) is 0 Å². The van der Waals surface area contributed by atoms with Crippen molar-refractivity contribution in [2.24, 2.45) is 10.9 Å². The molecule has 29 heavy (non-hydrogen) atoms. The predicted octanol–water partition coefficient (Wildman–Crippen LogP) is 2.47. The van der Waals surface area contributed by atoms with Gasteiger partial charge in [0.1, 0.15) is 0 Å². The lowest BCUT2D eigenvalue weighted by Gasteiger charge is -2.12. The third-order valence-corrected chi connectivity index (χ3v) is 6.24. The van der Waals surface area contributed by atoms with E-state index < -0.39 is 9.84 Å². The fraction of sp³-hybridized carbons (Fsp3) is 0.650. The van der Waals surface area contributed by atoms with E-state index in [1.165, 1.54) is 0 Å². The largest absolute Gasteiger partial charge is 0.381 e. The molecule has 1 aromatic rings. The van der Waals surface area contributed by atoms with Crippen LogP contribution >= 0.6 is 24.0 Å². The first-order valence-electron chi connectivity index (χ1n) is 10.1. The number of rotatable bonds is 12. The molecule has 1 aliphatic heterocycles. The molecule has 7 nitrogen and oxygen atoms in total. The highest BCUT2D eigenvalue weighted by Crippen LogP contribution is 2.12. The lowest BCUT2D eigenvalue weighted by atomic mass is 10.1. The van der Waals surface area contributed by atoms with E-state index in [1.54, 1.807) is 24.3 Å². The lowest BCUT2D eigenvalue weighted by molar-refractivity contribution is 0.0888. The fourth-order valence-electron chi connectivity index (χ4n) is 2.88. The molecule has 0 amide bonds. The Labute approximate surface area is 192 Å². The minimum Gasteiger partial charge on any atom is -0.381 e. The number of nitrogens with one attached hydrogen (secondary N) is 2. The first-order valence-corrected chi connectivity index (χ1v) is 11.7. The molecule has 0 bridgehead atoms. The average molecular weight is 539 g/mol. The summed E-state index contributed by atoms with van der Waals surface area (Å²) in [6.07, 6.45) is 2.47. The molecule has 2 N–H and O–H groups in total. The highest BCUT2D eigenvalue weighted by molar-refractivity contribution is 14.0. The topological polar surface area (TPSA) is 89.0 Å². The zero-order valence-electron chi connectivity index (χ0n) is 17.1. The number of hydrogen-bond acceptors (Lipinski definition) is 5. The van der Waals surface area contributed by atoms with Crippen molar-refractivity contribution in [3.8, 4) is 0 Å². The number of hydrogen-bond donors (Lipinski definition) is 2. The van der Waals surface area contributed by atoms with Crippen LogP contribution in [0, 0.1) is 5.92 Å². The third-order valence-electron chi connectivity index (χ3n) is 4.42. The van der Waals surface area contributed by atoms with E-state index in [2.05, 4.69) is 15.6 Å². The number of ether oxygens (including phenoxy) is 2. The van der Waals surface area contributed by atoms with Crippen molar-refractivity contribution in [3.05, 3.63) is 30.3 Å². The number of halogens is 1. The second-order valence-electron chi connectivity index (χ2n) is 6.83. The molecule has 9 heteroatoms. The van der Waals surface area contributed by atoms with Crippen LogP contribution in [0.5, 0.6) is 0 Å². The summed E-state index contributed by atoms with van der Waals surface area (Å²) < 4.78 is 35.6. The molecule has 0 spiro atoms. The van der Waals surface area contributed by atoms with Crippen molar-refractivity contribution in [2.45, 2.75) is 31.1 Å². The van der Waals surface area contributed by atoms with Crippen molar-refractivity contribution < 1.29 is 17.9 Å². The molecule has 1 fully saturated rings. The van der Waals surface area contributed by atoms with Crippen LogP contribution in [-0.2, 0) is 19.3 Å². The lowest BCUT2D eigenvalue weighted by Crippen LogP contribution is -2.38. The number of benzene rings is 1. The Kier molecular flexibility index (Phi) is 13.5. The fourth-order valence-corrected chi connectivity index (χ4v) is 4.20. The molecule has 0 aromatic heterocycles. The summed E-state index contributed by atoms with van der Waals surface area (Å²) in [5, 5.41) is 6.44. The van der Waals surface area contributed by atoms with E-state index in [0.29, 0.717) is 36.3 Å². The van der Waals surface area contributed by atoms with Crippen LogP contribution in [0.25, 0.3) is 0 Å². The van der Waals surface area contributed by atoms with Gasteiger partial charge in [-0.25, -0.2) is 8.42 Å². The molecule has 1 aliphatic rings. The van der Waals surface area contributed by atoms with Gasteiger partial charge in [-0.3, -0.25) is 4.99 Å². The molecule has 1 heterocycles. The van der Waals surface area contributed by atoms with Gasteiger partial charge >= 0.3 is 0 Å². The second kappa shape index (κ2) is 15.0. The average Bonchev–Trinajstić information content (AvgIpc) is 3.22. The van der Waals surface area contributed by atoms with Gasteiger partial charge in [-0.2, -0.15) is 0 Å². The van der Waals surface area contributed by atoms with Crippen molar-refractivity contribution in [1.29, 1.82) is 0 Å². The third kappa shape index (κ3) is 10.6. The van der Waals surface area contributed by atoms with Crippen LogP contribution < -0.4 is 10.6 Å². The van der Waals surface area contributed by atoms with Gasteiger partial charge in [0.05, 0.1) is 23.9 Å². The molecular formula is C20H34IN3O4S. The SMILES string of the molecule is CCNC(=NCCCS(=O)(=O)c1ccccc1)NCCCOCC1CCOC1.I. The van der Waals surface area contributed by atoms with E-state index in [4.69, 9.17) is 9.47 Å².